The van der Waals surface area contributed by atoms with Gasteiger partial charge < -0.3 is 10.4 Å². The highest BCUT2D eigenvalue weighted by Gasteiger charge is 2.13. The van der Waals surface area contributed by atoms with Crippen LogP contribution in [0.4, 0.5) is 5.69 Å². The van der Waals surface area contributed by atoms with Crippen LogP contribution in [0.1, 0.15) is 35.3 Å². The Morgan fingerprint density at radius 3 is 2.30 bits per heavy atom. The van der Waals surface area contributed by atoms with Gasteiger partial charge in [0.2, 0.25) is 0 Å². The first kappa shape index (κ1) is 15.9. The second kappa shape index (κ2) is 8.12. The summed E-state index contributed by atoms with van der Waals surface area (Å²) in [5.41, 5.74) is 2.79. The van der Waals surface area contributed by atoms with Crippen LogP contribution in [-0.2, 0) is 6.61 Å². The zero-order valence-electron chi connectivity index (χ0n) is 12.2. The molecule has 0 aliphatic carbocycles. The number of nitrogens with one attached hydrogen (secondary N) is 1. The van der Waals surface area contributed by atoms with Crippen LogP contribution >= 0.6 is 0 Å². The fraction of sp³-hybridized carbons (Fsp3) is 0.235. The third kappa shape index (κ3) is 3.93. The number of amides is 1. The van der Waals surface area contributed by atoms with E-state index in [-0.39, 0.29) is 12.5 Å². The molecule has 0 saturated carbocycles. The normalized spacial score (nSPS) is 9.40. The lowest BCUT2D eigenvalue weighted by molar-refractivity contribution is 0.102. The molecule has 3 heteroatoms. The highest BCUT2D eigenvalue weighted by atomic mass is 16.3. The summed E-state index contributed by atoms with van der Waals surface area (Å²) in [6.45, 7) is 5.72. The Morgan fingerprint density at radius 1 is 1.05 bits per heavy atom. The van der Waals surface area contributed by atoms with Crippen molar-refractivity contribution in [2.45, 2.75) is 27.4 Å². The van der Waals surface area contributed by atoms with Crippen LogP contribution in [0, 0.1) is 6.92 Å². The number of aryl methyl sites for hydroxylation is 1. The first-order valence-corrected chi connectivity index (χ1v) is 6.78. The van der Waals surface area contributed by atoms with Crippen molar-refractivity contribution in [2.24, 2.45) is 0 Å². The molecule has 2 N–H and O–H groups in total. The van der Waals surface area contributed by atoms with Crippen LogP contribution in [0.3, 0.4) is 0 Å². The Labute approximate surface area is 120 Å². The fourth-order valence-corrected chi connectivity index (χ4v) is 1.90. The van der Waals surface area contributed by atoms with Crippen LogP contribution in [0.25, 0.3) is 0 Å². The average molecular weight is 271 g/mol. The van der Waals surface area contributed by atoms with Gasteiger partial charge in [-0.1, -0.05) is 50.2 Å². The minimum atomic E-state index is -0.191. The molecule has 1 amide bonds. The summed E-state index contributed by atoms with van der Waals surface area (Å²) >= 11 is 0. The predicted octanol–water partition coefficient (Wildman–Crippen LogP) is 3.77. The van der Waals surface area contributed by atoms with Gasteiger partial charge in [-0.05, 0) is 30.2 Å². The van der Waals surface area contributed by atoms with E-state index in [2.05, 4.69) is 5.32 Å². The summed E-state index contributed by atoms with van der Waals surface area (Å²) in [5.74, 6) is -0.191. The largest absolute Gasteiger partial charge is 0.392 e. The van der Waals surface area contributed by atoms with Crippen molar-refractivity contribution in [3.05, 3.63) is 65.2 Å². The third-order valence-corrected chi connectivity index (χ3v) is 2.79. The lowest BCUT2D eigenvalue weighted by Gasteiger charge is -2.11. The van der Waals surface area contributed by atoms with Crippen LogP contribution in [0.2, 0.25) is 0 Å². The van der Waals surface area contributed by atoms with Crippen molar-refractivity contribution < 1.29 is 9.90 Å². The molecule has 0 saturated heterocycles. The van der Waals surface area contributed by atoms with Gasteiger partial charge in [-0.15, -0.1) is 0 Å². The molecule has 2 aromatic carbocycles. The van der Waals surface area contributed by atoms with Gasteiger partial charge in [-0.25, -0.2) is 0 Å². The molecule has 0 unspecified atom stereocenters. The molecule has 0 radical (unpaired) electrons. The maximum atomic E-state index is 12.2. The second-order valence-corrected chi connectivity index (χ2v) is 4.09. The number of aliphatic hydroxyl groups excluding tert-OH is 1. The van der Waals surface area contributed by atoms with Gasteiger partial charge in [0.15, 0.2) is 0 Å². The summed E-state index contributed by atoms with van der Waals surface area (Å²) in [6.07, 6.45) is 0. The minimum absolute atomic E-state index is 0.140. The highest BCUT2D eigenvalue weighted by molar-refractivity contribution is 6.06. The van der Waals surface area contributed by atoms with Crippen LogP contribution < -0.4 is 5.32 Å². The van der Waals surface area contributed by atoms with Gasteiger partial charge >= 0.3 is 0 Å². The number of aliphatic hydroxyl groups is 1. The molecule has 0 atom stereocenters. The van der Waals surface area contributed by atoms with Gasteiger partial charge in [-0.2, -0.15) is 0 Å². The smallest absolute Gasteiger partial charge is 0.256 e. The number of carbonyl (C=O) groups excluding carboxylic acids is 1. The van der Waals surface area contributed by atoms with Crippen LogP contribution in [-0.4, -0.2) is 11.0 Å². The first-order valence-electron chi connectivity index (χ1n) is 6.78. The van der Waals surface area contributed by atoms with Crippen molar-refractivity contribution in [3.8, 4) is 0 Å². The Kier molecular flexibility index (Phi) is 6.47. The fourth-order valence-electron chi connectivity index (χ4n) is 1.90. The molecular weight excluding hydrogens is 250 g/mol. The number of hydrogen-bond donors (Lipinski definition) is 2. The standard InChI is InChI=1S/C15H15NO2.C2H6/c1-11-6-5-7-12(10-17)14(11)15(18)16-13-8-3-2-4-9-13;1-2/h2-9,17H,10H2,1H3,(H,16,18);1-2H3. The second-order valence-electron chi connectivity index (χ2n) is 4.09. The topological polar surface area (TPSA) is 49.3 Å². The molecule has 2 rings (SSSR count). The number of benzene rings is 2. The molecule has 0 fully saturated rings. The minimum Gasteiger partial charge on any atom is -0.392 e. The van der Waals surface area contributed by atoms with Crippen molar-refractivity contribution >= 4 is 11.6 Å². The van der Waals surface area contributed by atoms with E-state index in [1.165, 1.54) is 0 Å². The van der Waals surface area contributed by atoms with Crippen molar-refractivity contribution in [2.75, 3.05) is 5.32 Å². The molecule has 2 aromatic rings. The number of anilines is 1. The van der Waals surface area contributed by atoms with Crippen LogP contribution in [0.5, 0.6) is 0 Å². The molecule has 20 heavy (non-hydrogen) atoms. The highest BCUT2D eigenvalue weighted by Crippen LogP contribution is 2.16. The maximum Gasteiger partial charge on any atom is 0.256 e. The summed E-state index contributed by atoms with van der Waals surface area (Å²) in [7, 11) is 0. The molecular formula is C17H21NO2. The van der Waals surface area contributed by atoms with E-state index < -0.39 is 0 Å². The number of carbonyl (C=O) groups is 1. The van der Waals surface area contributed by atoms with E-state index in [1.54, 1.807) is 6.07 Å². The van der Waals surface area contributed by atoms with Crippen LogP contribution in [0.15, 0.2) is 48.5 Å². The molecule has 106 valence electrons. The first-order chi connectivity index (χ1) is 9.72. The number of para-hydroxylation sites is 1. The Balaban J connectivity index is 0.000000956. The van der Waals surface area contributed by atoms with Gasteiger partial charge in [-0.3, -0.25) is 4.79 Å². The summed E-state index contributed by atoms with van der Waals surface area (Å²) < 4.78 is 0. The van der Waals surface area contributed by atoms with E-state index in [0.717, 1.165) is 11.3 Å². The quantitative estimate of drug-likeness (QED) is 0.892. The van der Waals surface area contributed by atoms with Gasteiger partial charge in [0.25, 0.3) is 5.91 Å². The predicted molar refractivity (Wildman–Crippen MR) is 82.8 cm³/mol. The molecule has 0 aliphatic heterocycles. The van der Waals surface area contributed by atoms with E-state index >= 15 is 0 Å². The maximum absolute atomic E-state index is 12.2. The monoisotopic (exact) mass is 271 g/mol. The summed E-state index contributed by atoms with van der Waals surface area (Å²) in [4.78, 5) is 12.2. The van der Waals surface area contributed by atoms with E-state index in [4.69, 9.17) is 0 Å². The molecule has 0 spiro atoms. The molecule has 0 bridgehead atoms. The van der Waals surface area contributed by atoms with Crippen molar-refractivity contribution in [1.82, 2.24) is 0 Å². The van der Waals surface area contributed by atoms with Gasteiger partial charge in [0, 0.05) is 11.3 Å². The van der Waals surface area contributed by atoms with E-state index in [1.807, 2.05) is 63.2 Å². The Hall–Kier alpha value is -2.13. The Bertz CT molecular complexity index is 550. The van der Waals surface area contributed by atoms with E-state index in [9.17, 15) is 9.90 Å². The van der Waals surface area contributed by atoms with Gasteiger partial charge in [0.1, 0.15) is 0 Å². The van der Waals surface area contributed by atoms with Crippen molar-refractivity contribution in [1.29, 1.82) is 0 Å². The van der Waals surface area contributed by atoms with Gasteiger partial charge in [0.05, 0.1) is 6.61 Å². The van der Waals surface area contributed by atoms with E-state index in [0.29, 0.717) is 11.1 Å². The molecule has 0 aromatic heterocycles. The van der Waals surface area contributed by atoms with Crippen molar-refractivity contribution in [3.63, 3.8) is 0 Å². The molecule has 3 nitrogen and oxygen atoms in total. The number of rotatable bonds is 3. The summed E-state index contributed by atoms with van der Waals surface area (Å²) in [5, 5.41) is 12.1. The lowest BCUT2D eigenvalue weighted by atomic mass is 10.0. The molecule has 0 heterocycles. The SMILES string of the molecule is CC.Cc1cccc(CO)c1C(=O)Nc1ccccc1. The summed E-state index contributed by atoms with van der Waals surface area (Å²) in [6, 6.07) is 14.7. The zero-order valence-corrected chi connectivity index (χ0v) is 12.2. The lowest BCUT2D eigenvalue weighted by Crippen LogP contribution is -2.15. The molecule has 0 aliphatic rings. The third-order valence-electron chi connectivity index (χ3n) is 2.79. The Morgan fingerprint density at radius 2 is 1.70 bits per heavy atom. The average Bonchev–Trinajstić information content (AvgIpc) is 2.49. The zero-order chi connectivity index (χ0) is 15.0. The number of hydrogen-bond acceptors (Lipinski definition) is 2.